The van der Waals surface area contributed by atoms with Gasteiger partial charge in [0.05, 0.1) is 11.6 Å². The highest BCUT2D eigenvalue weighted by molar-refractivity contribution is 9.10. The fourth-order valence-corrected chi connectivity index (χ4v) is 3.32. The Morgan fingerprint density at radius 1 is 1.20 bits per heavy atom. The standard InChI is InChI=1S/C20H19BrN2O2/c1-3-23-12-17(19(24)16-9-4-5-10-18(16)23)20(25)22-13(2)14-7-6-8-15(21)11-14/h4-13H,3H2,1-2H3,(H,22,25)/t13-/m0/s1. The van der Waals surface area contributed by atoms with Crippen molar-refractivity contribution < 1.29 is 4.79 Å². The highest BCUT2D eigenvalue weighted by atomic mass is 79.9. The van der Waals surface area contributed by atoms with Crippen LogP contribution in [0.25, 0.3) is 10.9 Å². The molecule has 3 rings (SSSR count). The van der Waals surface area contributed by atoms with E-state index in [1.807, 2.05) is 60.9 Å². The molecule has 5 heteroatoms. The lowest BCUT2D eigenvalue weighted by Gasteiger charge is -2.16. The number of fused-ring (bicyclic) bond motifs is 1. The average molecular weight is 399 g/mol. The summed E-state index contributed by atoms with van der Waals surface area (Å²) >= 11 is 3.43. The van der Waals surface area contributed by atoms with E-state index in [1.165, 1.54) is 0 Å². The fourth-order valence-electron chi connectivity index (χ4n) is 2.90. The molecule has 0 aliphatic carbocycles. The monoisotopic (exact) mass is 398 g/mol. The van der Waals surface area contributed by atoms with Gasteiger partial charge in [-0.1, -0.05) is 40.2 Å². The first-order chi connectivity index (χ1) is 12.0. The minimum atomic E-state index is -0.356. The number of pyridine rings is 1. The summed E-state index contributed by atoms with van der Waals surface area (Å²) < 4.78 is 2.88. The summed E-state index contributed by atoms with van der Waals surface area (Å²) in [7, 11) is 0. The van der Waals surface area contributed by atoms with E-state index in [-0.39, 0.29) is 22.9 Å². The molecule has 0 spiro atoms. The van der Waals surface area contributed by atoms with Crippen LogP contribution in [0.5, 0.6) is 0 Å². The van der Waals surface area contributed by atoms with Crippen LogP contribution >= 0.6 is 15.9 Å². The van der Waals surface area contributed by atoms with Crippen molar-refractivity contribution in [2.75, 3.05) is 0 Å². The lowest BCUT2D eigenvalue weighted by molar-refractivity contribution is 0.0938. The normalized spacial score (nSPS) is 12.1. The number of amides is 1. The Kier molecular flexibility index (Phi) is 5.04. The maximum absolute atomic E-state index is 12.7. The summed E-state index contributed by atoms with van der Waals surface area (Å²) in [4.78, 5) is 25.4. The number of rotatable bonds is 4. The third-order valence-electron chi connectivity index (χ3n) is 4.27. The van der Waals surface area contributed by atoms with E-state index in [0.717, 1.165) is 15.6 Å². The van der Waals surface area contributed by atoms with Gasteiger partial charge in [0.2, 0.25) is 5.43 Å². The molecular formula is C20H19BrN2O2. The van der Waals surface area contributed by atoms with Gasteiger partial charge in [0, 0.05) is 22.6 Å². The van der Waals surface area contributed by atoms with Crippen LogP contribution in [0.4, 0.5) is 0 Å². The summed E-state index contributed by atoms with van der Waals surface area (Å²) in [5.41, 5.74) is 1.74. The van der Waals surface area contributed by atoms with Gasteiger partial charge in [-0.05, 0) is 43.7 Å². The predicted octanol–water partition coefficient (Wildman–Crippen LogP) is 4.27. The SMILES string of the molecule is CCn1cc(C(=O)N[C@@H](C)c2cccc(Br)c2)c(=O)c2ccccc21. The topological polar surface area (TPSA) is 51.1 Å². The van der Waals surface area contributed by atoms with E-state index in [1.54, 1.807) is 12.3 Å². The van der Waals surface area contributed by atoms with Gasteiger partial charge in [0.1, 0.15) is 5.56 Å². The van der Waals surface area contributed by atoms with Crippen LogP contribution in [0.15, 0.2) is 64.0 Å². The molecule has 0 aliphatic heterocycles. The Hall–Kier alpha value is -2.40. The largest absolute Gasteiger partial charge is 0.347 e. The summed E-state index contributed by atoms with van der Waals surface area (Å²) in [5.74, 6) is -0.356. The van der Waals surface area contributed by atoms with Gasteiger partial charge in [-0.2, -0.15) is 0 Å². The second kappa shape index (κ2) is 7.23. The second-order valence-corrected chi connectivity index (χ2v) is 6.84. The molecule has 1 amide bonds. The number of hydrogen-bond donors (Lipinski definition) is 1. The average Bonchev–Trinajstić information content (AvgIpc) is 2.62. The Morgan fingerprint density at radius 2 is 1.96 bits per heavy atom. The number of benzene rings is 2. The molecule has 25 heavy (non-hydrogen) atoms. The smallest absolute Gasteiger partial charge is 0.257 e. The van der Waals surface area contributed by atoms with Crippen molar-refractivity contribution in [1.82, 2.24) is 9.88 Å². The zero-order valence-corrected chi connectivity index (χ0v) is 15.7. The first kappa shape index (κ1) is 17.4. The number of carbonyl (C=O) groups excluding carboxylic acids is 1. The third-order valence-corrected chi connectivity index (χ3v) is 4.76. The molecule has 0 radical (unpaired) electrons. The van der Waals surface area contributed by atoms with Crippen LogP contribution < -0.4 is 10.7 Å². The van der Waals surface area contributed by atoms with Crippen LogP contribution in [0.1, 0.15) is 35.8 Å². The van der Waals surface area contributed by atoms with Crippen molar-refractivity contribution in [3.63, 3.8) is 0 Å². The maximum Gasteiger partial charge on any atom is 0.257 e. The molecule has 128 valence electrons. The Morgan fingerprint density at radius 3 is 2.68 bits per heavy atom. The van der Waals surface area contributed by atoms with Crippen molar-refractivity contribution in [1.29, 1.82) is 0 Å². The number of nitrogens with one attached hydrogen (secondary N) is 1. The molecule has 2 aromatic carbocycles. The Balaban J connectivity index is 1.97. The van der Waals surface area contributed by atoms with Crippen molar-refractivity contribution >= 4 is 32.7 Å². The van der Waals surface area contributed by atoms with Gasteiger partial charge in [0.15, 0.2) is 0 Å². The minimum Gasteiger partial charge on any atom is -0.347 e. The second-order valence-electron chi connectivity index (χ2n) is 5.93. The van der Waals surface area contributed by atoms with E-state index < -0.39 is 0 Å². The number of nitrogens with zero attached hydrogens (tertiary/aromatic N) is 1. The summed E-state index contributed by atoms with van der Waals surface area (Å²) in [6, 6.07) is 14.9. The molecule has 0 saturated carbocycles. The molecule has 0 aliphatic rings. The lowest BCUT2D eigenvalue weighted by Crippen LogP contribution is -2.31. The van der Waals surface area contributed by atoms with Crippen molar-refractivity contribution in [3.05, 3.63) is 80.6 Å². The molecule has 1 aromatic heterocycles. The summed E-state index contributed by atoms with van der Waals surface area (Å²) in [6.07, 6.45) is 1.65. The Bertz CT molecular complexity index is 994. The molecule has 0 fully saturated rings. The first-order valence-electron chi connectivity index (χ1n) is 8.19. The number of aromatic nitrogens is 1. The molecule has 0 saturated heterocycles. The van der Waals surface area contributed by atoms with Gasteiger partial charge in [0.25, 0.3) is 5.91 Å². The molecule has 1 atom stereocenters. The van der Waals surface area contributed by atoms with Crippen LogP contribution in [-0.2, 0) is 6.54 Å². The van der Waals surface area contributed by atoms with Gasteiger partial charge in [-0.15, -0.1) is 0 Å². The van der Waals surface area contributed by atoms with Crippen LogP contribution in [-0.4, -0.2) is 10.5 Å². The summed E-state index contributed by atoms with van der Waals surface area (Å²) in [6.45, 7) is 4.57. The molecule has 3 aromatic rings. The highest BCUT2D eigenvalue weighted by Gasteiger charge is 2.17. The van der Waals surface area contributed by atoms with Crippen molar-refractivity contribution in [2.45, 2.75) is 26.4 Å². The number of carbonyl (C=O) groups is 1. The van der Waals surface area contributed by atoms with E-state index in [0.29, 0.717) is 11.9 Å². The van der Waals surface area contributed by atoms with Crippen molar-refractivity contribution in [2.24, 2.45) is 0 Å². The number of hydrogen-bond acceptors (Lipinski definition) is 2. The highest BCUT2D eigenvalue weighted by Crippen LogP contribution is 2.18. The molecule has 4 nitrogen and oxygen atoms in total. The van der Waals surface area contributed by atoms with E-state index in [2.05, 4.69) is 21.2 Å². The minimum absolute atomic E-state index is 0.169. The number of aryl methyl sites for hydroxylation is 1. The molecule has 1 heterocycles. The quantitative estimate of drug-likeness (QED) is 0.712. The predicted molar refractivity (Wildman–Crippen MR) is 104 cm³/mol. The van der Waals surface area contributed by atoms with Crippen LogP contribution in [0, 0.1) is 0 Å². The van der Waals surface area contributed by atoms with Crippen LogP contribution in [0.2, 0.25) is 0 Å². The zero-order chi connectivity index (χ0) is 18.0. The summed E-state index contributed by atoms with van der Waals surface area (Å²) in [5, 5.41) is 3.49. The molecular weight excluding hydrogens is 380 g/mol. The third kappa shape index (κ3) is 3.51. The Labute approximate surface area is 154 Å². The molecule has 0 bridgehead atoms. The van der Waals surface area contributed by atoms with Gasteiger partial charge >= 0.3 is 0 Å². The molecule has 0 unspecified atom stereocenters. The maximum atomic E-state index is 12.7. The van der Waals surface area contributed by atoms with E-state index in [4.69, 9.17) is 0 Å². The first-order valence-corrected chi connectivity index (χ1v) is 8.99. The number of halogens is 1. The fraction of sp³-hybridized carbons (Fsp3) is 0.200. The van der Waals surface area contributed by atoms with Gasteiger partial charge < -0.3 is 9.88 Å². The van der Waals surface area contributed by atoms with E-state index >= 15 is 0 Å². The zero-order valence-electron chi connectivity index (χ0n) is 14.1. The van der Waals surface area contributed by atoms with Crippen LogP contribution in [0.3, 0.4) is 0 Å². The molecule has 1 N–H and O–H groups in total. The van der Waals surface area contributed by atoms with Crippen molar-refractivity contribution in [3.8, 4) is 0 Å². The lowest BCUT2D eigenvalue weighted by atomic mass is 10.1. The van der Waals surface area contributed by atoms with Gasteiger partial charge in [-0.25, -0.2) is 0 Å². The van der Waals surface area contributed by atoms with Gasteiger partial charge in [-0.3, -0.25) is 9.59 Å². The number of para-hydroxylation sites is 1. The van der Waals surface area contributed by atoms with E-state index in [9.17, 15) is 9.59 Å².